The molecule has 2 bridgehead atoms. The predicted octanol–water partition coefficient (Wildman–Crippen LogP) is 9.00. The Morgan fingerprint density at radius 2 is 1.62 bits per heavy atom. The Morgan fingerprint density at radius 1 is 0.894 bits per heavy atom. The van der Waals surface area contributed by atoms with Crippen molar-refractivity contribution in [3.63, 3.8) is 0 Å². The number of nitrogens with zero attached hydrogens (tertiary/aromatic N) is 8. The number of aliphatic hydroxyl groups excluding tert-OH is 1. The summed E-state index contributed by atoms with van der Waals surface area (Å²) in [7, 11) is 0. The fourth-order valence-corrected chi connectivity index (χ4v) is 13.4. The smallest absolute Gasteiger partial charge is 0.410 e. The van der Waals surface area contributed by atoms with E-state index in [1.807, 2.05) is 108 Å². The zero-order valence-electron chi connectivity index (χ0n) is 50.3. The zero-order valence-corrected chi connectivity index (χ0v) is 51.1. The molecule has 4 amide bonds. The Balaban J connectivity index is 0.743. The number of likely N-dealkylation sites (tertiary alicyclic amines) is 2. The highest BCUT2D eigenvalue weighted by Crippen LogP contribution is 2.41. The van der Waals surface area contributed by atoms with Crippen molar-refractivity contribution in [1.82, 2.24) is 45.3 Å². The molecule has 21 heteroatoms. The van der Waals surface area contributed by atoms with E-state index in [4.69, 9.17) is 29.2 Å². The number of piperidine rings is 1. The number of carbonyl (C=O) groups is 4. The molecule has 4 aliphatic heterocycles. The lowest BCUT2D eigenvalue weighted by atomic mass is 9.85. The molecule has 454 valence electrons. The molecular weight excluding hydrogens is 1100 g/mol. The van der Waals surface area contributed by atoms with Crippen LogP contribution in [0.4, 0.5) is 15.0 Å². The van der Waals surface area contributed by atoms with Crippen molar-refractivity contribution in [2.75, 3.05) is 64.0 Å². The maximum absolute atomic E-state index is 17.4. The molecule has 0 radical (unpaired) electrons. The molecular formula is C64H81FN10O9S. The number of nitrogens with one attached hydrogen (secondary N) is 2. The van der Waals surface area contributed by atoms with Crippen LogP contribution in [-0.2, 0) is 36.7 Å². The van der Waals surface area contributed by atoms with Crippen LogP contribution in [0.1, 0.15) is 117 Å². The SMILES string of the molecule is CCc1ncsc1-c1ccc([C@H](C)NC(=O)[C@@H]2C[C@@H](O)CN2C(=O)[C@@H](NC(=O)COCC2CCN(CCOc3nc(N4CC5CCC(C4)N5C(=O)OC(C)(C)C)c4cnc(-c5cc(O)cc6cccc(CC)c56)c(F)c4n3)CC2)C(C)(C)C)cc1. The number of phenolic OH excluding ortho intramolecular Hbond substituents is 1. The van der Waals surface area contributed by atoms with Crippen LogP contribution in [-0.4, -0.2) is 164 Å². The van der Waals surface area contributed by atoms with E-state index in [2.05, 4.69) is 32.3 Å². The molecule has 85 heavy (non-hydrogen) atoms. The fourth-order valence-electron chi connectivity index (χ4n) is 12.5. The summed E-state index contributed by atoms with van der Waals surface area (Å²) in [6.45, 7) is 20.3. The lowest BCUT2D eigenvalue weighted by molar-refractivity contribution is -0.144. The number of amides is 4. The number of piperazine rings is 1. The maximum Gasteiger partial charge on any atom is 0.410 e. The molecule has 4 saturated heterocycles. The summed E-state index contributed by atoms with van der Waals surface area (Å²) in [6, 6.07) is 14.5. The van der Waals surface area contributed by atoms with Crippen LogP contribution in [0.2, 0.25) is 0 Å². The highest BCUT2D eigenvalue weighted by atomic mass is 32.1. The Hall–Kier alpha value is -7.07. The van der Waals surface area contributed by atoms with Gasteiger partial charge in [0.15, 0.2) is 5.82 Å². The van der Waals surface area contributed by atoms with Gasteiger partial charge >= 0.3 is 12.1 Å². The number of aromatic nitrogens is 4. The first kappa shape index (κ1) is 61.0. The first-order valence-corrected chi connectivity index (χ1v) is 30.9. The molecule has 4 N–H and O–H groups in total. The molecule has 3 aromatic carbocycles. The molecule has 6 aromatic rings. The van der Waals surface area contributed by atoms with Crippen LogP contribution in [0.5, 0.6) is 11.8 Å². The van der Waals surface area contributed by atoms with E-state index in [0.29, 0.717) is 49.4 Å². The van der Waals surface area contributed by atoms with Gasteiger partial charge in [-0.25, -0.2) is 14.2 Å². The number of aromatic hydroxyl groups is 1. The average molecular weight is 1190 g/mol. The average Bonchev–Trinajstić information content (AvgIpc) is 2.34. The van der Waals surface area contributed by atoms with Crippen molar-refractivity contribution in [3.05, 3.63) is 88.9 Å². The van der Waals surface area contributed by atoms with Crippen molar-refractivity contribution in [2.24, 2.45) is 11.3 Å². The predicted molar refractivity (Wildman–Crippen MR) is 325 cm³/mol. The molecule has 19 nitrogen and oxygen atoms in total. The topological polar surface area (TPSA) is 225 Å². The number of aryl methyl sites for hydroxylation is 2. The quantitative estimate of drug-likeness (QED) is 0.0630. The summed E-state index contributed by atoms with van der Waals surface area (Å²) in [5, 5.41) is 29.6. The molecule has 0 spiro atoms. The van der Waals surface area contributed by atoms with E-state index in [0.717, 1.165) is 83.2 Å². The van der Waals surface area contributed by atoms with E-state index in [1.165, 1.54) is 4.90 Å². The second kappa shape index (κ2) is 25.5. The van der Waals surface area contributed by atoms with Gasteiger partial charge in [0.05, 0.1) is 52.3 Å². The summed E-state index contributed by atoms with van der Waals surface area (Å²) in [4.78, 5) is 82.6. The van der Waals surface area contributed by atoms with Crippen molar-refractivity contribution in [1.29, 1.82) is 0 Å². The van der Waals surface area contributed by atoms with Gasteiger partial charge in [0.25, 0.3) is 0 Å². The molecule has 10 rings (SSSR count). The summed E-state index contributed by atoms with van der Waals surface area (Å²) in [5.74, 6) is -1.30. The van der Waals surface area contributed by atoms with Crippen molar-refractivity contribution in [2.45, 2.75) is 149 Å². The number of hydrogen-bond donors (Lipinski definition) is 4. The number of phenols is 1. The first-order valence-electron chi connectivity index (χ1n) is 30.0. The van der Waals surface area contributed by atoms with Gasteiger partial charge in [-0.15, -0.1) is 11.3 Å². The van der Waals surface area contributed by atoms with Gasteiger partial charge in [0, 0.05) is 44.4 Å². The molecule has 7 heterocycles. The Bertz CT molecular complexity index is 3400. The molecule has 0 aliphatic carbocycles. The molecule has 0 saturated carbocycles. The Kier molecular flexibility index (Phi) is 18.3. The third-order valence-corrected chi connectivity index (χ3v) is 17.9. The van der Waals surface area contributed by atoms with E-state index in [9.17, 15) is 29.4 Å². The van der Waals surface area contributed by atoms with Gasteiger partial charge in [-0.3, -0.25) is 29.2 Å². The second-order valence-electron chi connectivity index (χ2n) is 25.3. The summed E-state index contributed by atoms with van der Waals surface area (Å²) < 4.78 is 35.5. The molecule has 4 fully saturated rings. The summed E-state index contributed by atoms with van der Waals surface area (Å²) >= 11 is 1.59. The van der Waals surface area contributed by atoms with E-state index in [1.54, 1.807) is 29.7 Å². The lowest BCUT2D eigenvalue weighted by Gasteiger charge is -2.42. The van der Waals surface area contributed by atoms with Gasteiger partial charge in [-0.1, -0.05) is 77.1 Å². The van der Waals surface area contributed by atoms with Crippen LogP contribution in [0.25, 0.3) is 43.4 Å². The van der Waals surface area contributed by atoms with Crippen LogP contribution in [0.3, 0.4) is 0 Å². The number of hydrogen-bond acceptors (Lipinski definition) is 16. The van der Waals surface area contributed by atoms with Crippen molar-refractivity contribution >= 4 is 62.6 Å². The fraction of sp³-hybridized carbons (Fsp3) is 0.531. The number of thiazole rings is 1. The third-order valence-electron chi connectivity index (χ3n) is 16.9. The number of carbonyl (C=O) groups excluding carboxylic acids is 4. The van der Waals surface area contributed by atoms with Gasteiger partial charge in [0.2, 0.25) is 17.7 Å². The minimum Gasteiger partial charge on any atom is -0.508 e. The molecule has 3 aromatic heterocycles. The van der Waals surface area contributed by atoms with Gasteiger partial charge < -0.3 is 44.9 Å². The largest absolute Gasteiger partial charge is 0.508 e. The molecule has 6 atom stereocenters. The van der Waals surface area contributed by atoms with E-state index < -0.39 is 46.8 Å². The summed E-state index contributed by atoms with van der Waals surface area (Å²) in [5.41, 5.74) is 4.99. The number of pyridine rings is 1. The molecule has 2 unspecified atom stereocenters. The number of fused-ring (bicyclic) bond motifs is 4. The Labute approximate surface area is 500 Å². The standard InChI is InChI=1S/C64H81FN10O9S/c1-10-39-13-12-14-42-27-45(76)28-47(52(39)42)54-53(65)55-48(30-66-54)58(73-31-43-19-20-44(32-73)75(43)62(81)84-64(7,8)9)71-61(70-55)83-26-25-72-23-21-38(22-24-72)34-82-35-51(78)69-57(63(4,5)6)60(80)74-33-46(77)29-50(74)59(79)68-37(3)40-15-17-41(18-16-40)56-49(11-2)67-36-85-56/h12-18,27-28,30,36-38,43-44,46,50,57,76-77H,10-11,19-26,29,31-35H2,1-9H3,(H,68,79)(H,69,78)/t37-,43?,44?,46+,50-,57+/m0/s1. The number of ether oxygens (including phenoxy) is 3. The molecule has 4 aliphatic rings. The van der Waals surface area contributed by atoms with Crippen LogP contribution in [0, 0.1) is 17.2 Å². The highest BCUT2D eigenvalue weighted by molar-refractivity contribution is 7.13. The van der Waals surface area contributed by atoms with Crippen molar-refractivity contribution in [3.8, 4) is 33.5 Å². The van der Waals surface area contributed by atoms with Crippen molar-refractivity contribution < 1.29 is 48.0 Å². The summed E-state index contributed by atoms with van der Waals surface area (Å²) in [6.07, 6.45) is 5.13. The number of rotatable bonds is 18. The zero-order chi connectivity index (χ0) is 60.5. The first-order chi connectivity index (χ1) is 40.6. The number of β-amino-alcohol motifs (C(OH)–C–C–N with tert-alkyl or cyclic N) is 1. The van der Waals surface area contributed by atoms with Crippen LogP contribution in [0.15, 0.2) is 66.3 Å². The monoisotopic (exact) mass is 1180 g/mol. The van der Waals surface area contributed by atoms with Crippen LogP contribution >= 0.6 is 11.3 Å². The highest BCUT2D eigenvalue weighted by Gasteiger charge is 2.47. The maximum atomic E-state index is 17.4. The minimum absolute atomic E-state index is 0.0104. The normalized spacial score (nSPS) is 20.2. The second-order valence-corrected chi connectivity index (χ2v) is 26.2. The third kappa shape index (κ3) is 13.6. The van der Waals surface area contributed by atoms with E-state index in [-0.39, 0.29) is 85.2 Å². The lowest BCUT2D eigenvalue weighted by Crippen LogP contribution is -2.58. The number of benzene rings is 3. The minimum atomic E-state index is -0.990. The number of anilines is 1. The number of aliphatic hydroxyl groups is 1. The van der Waals surface area contributed by atoms with Gasteiger partial charge in [0.1, 0.15) is 53.7 Å². The van der Waals surface area contributed by atoms with Gasteiger partial charge in [-0.05, 0) is 130 Å². The number of halogens is 1. The van der Waals surface area contributed by atoms with E-state index >= 15 is 4.39 Å². The van der Waals surface area contributed by atoms with Gasteiger partial charge in [-0.2, -0.15) is 9.97 Å². The Morgan fingerprint density at radius 3 is 2.31 bits per heavy atom. The van der Waals surface area contributed by atoms with Crippen LogP contribution < -0.4 is 20.3 Å².